The number of anilines is 1. The van der Waals surface area contributed by atoms with Crippen molar-refractivity contribution < 1.29 is 37.7 Å². The molecular weight excluding hydrogens is 373 g/mol. The normalized spacial score (nSPS) is 13.1. The lowest BCUT2D eigenvalue weighted by molar-refractivity contribution is -0.139. The Labute approximate surface area is 160 Å². The summed E-state index contributed by atoms with van der Waals surface area (Å²) in [6, 6.07) is 2.21. The Morgan fingerprint density at radius 1 is 0.893 bits per heavy atom. The maximum atomic E-state index is 14.6. The van der Waals surface area contributed by atoms with Crippen LogP contribution < -0.4 is 9.64 Å². The highest BCUT2D eigenvalue weighted by molar-refractivity contribution is 6.06. The molecule has 0 unspecified atom stereocenters. The third kappa shape index (κ3) is 3.88. The fourth-order valence-electron chi connectivity index (χ4n) is 2.55. The van der Waals surface area contributed by atoms with E-state index in [4.69, 9.17) is 14.2 Å². The number of nitrogens with zero attached hydrogens (tertiary/aromatic N) is 1. The van der Waals surface area contributed by atoms with Gasteiger partial charge in [0.1, 0.15) is 5.70 Å². The summed E-state index contributed by atoms with van der Waals surface area (Å²) in [6.45, 7) is 0. The van der Waals surface area contributed by atoms with E-state index >= 15 is 0 Å². The number of carbonyl (C=O) groups is 3. The number of allylic oxidation sites excluding steroid dienone is 2. The molecule has 0 aromatic heterocycles. The average molecular weight is 391 g/mol. The molecule has 0 atom stereocenters. The summed E-state index contributed by atoms with van der Waals surface area (Å²) in [5, 5.41) is 0. The smallest absolute Gasteiger partial charge is 0.355 e. The Kier molecular flexibility index (Phi) is 6.54. The lowest BCUT2D eigenvalue weighted by atomic mass is 10.1. The van der Waals surface area contributed by atoms with Crippen molar-refractivity contribution in [1.82, 2.24) is 0 Å². The number of hydrogen-bond acceptors (Lipinski definition) is 8. The molecule has 1 heterocycles. The second kappa shape index (κ2) is 8.85. The van der Waals surface area contributed by atoms with Crippen molar-refractivity contribution in [2.75, 3.05) is 33.3 Å². The zero-order valence-corrected chi connectivity index (χ0v) is 15.6. The third-order valence-corrected chi connectivity index (χ3v) is 3.80. The van der Waals surface area contributed by atoms with E-state index < -0.39 is 23.7 Å². The van der Waals surface area contributed by atoms with Gasteiger partial charge in [-0.05, 0) is 24.3 Å². The fourth-order valence-corrected chi connectivity index (χ4v) is 2.55. The second-order valence-corrected chi connectivity index (χ2v) is 5.32. The van der Waals surface area contributed by atoms with Gasteiger partial charge in [-0.3, -0.25) is 0 Å². The summed E-state index contributed by atoms with van der Waals surface area (Å²) in [7, 11) is 4.65. The molecule has 1 aliphatic heterocycles. The predicted molar refractivity (Wildman–Crippen MR) is 96.1 cm³/mol. The van der Waals surface area contributed by atoms with Crippen LogP contribution in [0.5, 0.6) is 5.75 Å². The number of hydrogen-bond donors (Lipinski definition) is 0. The van der Waals surface area contributed by atoms with Crippen molar-refractivity contribution in [3.8, 4) is 5.75 Å². The van der Waals surface area contributed by atoms with E-state index in [-0.39, 0.29) is 28.3 Å². The molecule has 1 aromatic carbocycles. The molecule has 0 radical (unpaired) electrons. The molecule has 0 amide bonds. The van der Waals surface area contributed by atoms with Gasteiger partial charge in [-0.25, -0.2) is 18.8 Å². The molecule has 0 saturated heterocycles. The Morgan fingerprint density at radius 3 is 2.11 bits per heavy atom. The highest BCUT2D eigenvalue weighted by atomic mass is 19.1. The van der Waals surface area contributed by atoms with Gasteiger partial charge in [-0.2, -0.15) is 0 Å². The summed E-state index contributed by atoms with van der Waals surface area (Å²) >= 11 is 0. The van der Waals surface area contributed by atoms with Crippen molar-refractivity contribution in [2.24, 2.45) is 0 Å². The third-order valence-electron chi connectivity index (χ3n) is 3.80. The summed E-state index contributed by atoms with van der Waals surface area (Å²) in [5.41, 5.74) is -0.528. The van der Waals surface area contributed by atoms with Crippen molar-refractivity contribution in [3.63, 3.8) is 0 Å². The Balaban J connectivity index is 2.82. The number of methoxy groups -OCH3 is 4. The van der Waals surface area contributed by atoms with Gasteiger partial charge in [-0.1, -0.05) is 6.08 Å². The molecule has 1 aliphatic rings. The molecule has 8 nitrogen and oxygen atoms in total. The molecule has 0 bridgehead atoms. The van der Waals surface area contributed by atoms with Crippen LogP contribution in [0.25, 0.3) is 0 Å². The van der Waals surface area contributed by atoms with Crippen LogP contribution in [0.3, 0.4) is 0 Å². The largest absolute Gasteiger partial charge is 0.492 e. The first-order valence-corrected chi connectivity index (χ1v) is 7.90. The molecule has 0 N–H and O–H groups in total. The standard InChI is InChI=1S/C19H18FNO7/c1-25-16-13(20)9-11(17(22)26-2)10-14(16)21-8-6-5-7-12(18(23)27-3)15(21)19(24)28-4/h5-10H,1-4H3. The lowest BCUT2D eigenvalue weighted by Gasteiger charge is -2.25. The molecule has 2 rings (SSSR count). The molecule has 148 valence electrons. The van der Waals surface area contributed by atoms with Crippen molar-refractivity contribution >= 4 is 23.6 Å². The van der Waals surface area contributed by atoms with Gasteiger partial charge in [0.2, 0.25) is 0 Å². The van der Waals surface area contributed by atoms with Crippen LogP contribution in [0.4, 0.5) is 10.1 Å². The van der Waals surface area contributed by atoms with E-state index in [1.165, 1.54) is 42.5 Å². The number of esters is 3. The maximum Gasteiger partial charge on any atom is 0.355 e. The van der Waals surface area contributed by atoms with Crippen LogP contribution in [0.15, 0.2) is 47.8 Å². The average Bonchev–Trinajstić information content (AvgIpc) is 2.94. The van der Waals surface area contributed by atoms with Crippen LogP contribution in [0, 0.1) is 5.82 Å². The molecule has 0 saturated carbocycles. The summed E-state index contributed by atoms with van der Waals surface area (Å²) in [4.78, 5) is 37.7. The molecule has 0 fully saturated rings. The number of benzene rings is 1. The maximum absolute atomic E-state index is 14.6. The summed E-state index contributed by atoms with van der Waals surface area (Å²) < 4.78 is 33.8. The van der Waals surface area contributed by atoms with E-state index in [9.17, 15) is 18.8 Å². The SMILES string of the molecule is COC(=O)C1=C(C(=O)OC)N(c2cc(C(=O)OC)cc(F)c2OC)C=CC=C1. The van der Waals surface area contributed by atoms with Crippen molar-refractivity contribution in [3.05, 3.63) is 59.2 Å². The first-order valence-electron chi connectivity index (χ1n) is 7.90. The minimum Gasteiger partial charge on any atom is -0.492 e. The van der Waals surface area contributed by atoms with E-state index in [2.05, 4.69) is 4.74 Å². The summed E-state index contributed by atoms with van der Waals surface area (Å²) in [5.74, 6) is -3.62. The van der Waals surface area contributed by atoms with E-state index in [0.717, 1.165) is 27.4 Å². The highest BCUT2D eigenvalue weighted by Gasteiger charge is 2.30. The van der Waals surface area contributed by atoms with E-state index in [1.807, 2.05) is 0 Å². The first kappa shape index (κ1) is 20.7. The minimum absolute atomic E-state index is 0.0235. The van der Waals surface area contributed by atoms with Gasteiger partial charge < -0.3 is 23.8 Å². The molecule has 0 aliphatic carbocycles. The van der Waals surface area contributed by atoms with Crippen LogP contribution in [0.1, 0.15) is 10.4 Å². The number of rotatable bonds is 5. The van der Waals surface area contributed by atoms with Crippen LogP contribution in [0.2, 0.25) is 0 Å². The van der Waals surface area contributed by atoms with Gasteiger partial charge in [-0.15, -0.1) is 0 Å². The van der Waals surface area contributed by atoms with Gasteiger partial charge in [0.15, 0.2) is 11.6 Å². The zero-order valence-electron chi connectivity index (χ0n) is 15.6. The lowest BCUT2D eigenvalue weighted by Crippen LogP contribution is -2.27. The van der Waals surface area contributed by atoms with Gasteiger partial charge in [0.25, 0.3) is 0 Å². The number of ether oxygens (including phenoxy) is 4. The van der Waals surface area contributed by atoms with Gasteiger partial charge in [0.05, 0.1) is 45.3 Å². The van der Waals surface area contributed by atoms with Crippen LogP contribution >= 0.6 is 0 Å². The topological polar surface area (TPSA) is 91.4 Å². The molecule has 1 aromatic rings. The number of carbonyl (C=O) groups excluding carboxylic acids is 3. The van der Waals surface area contributed by atoms with Crippen LogP contribution in [-0.2, 0) is 23.8 Å². The second-order valence-electron chi connectivity index (χ2n) is 5.32. The zero-order chi connectivity index (χ0) is 20.8. The van der Waals surface area contributed by atoms with Gasteiger partial charge >= 0.3 is 17.9 Å². The highest BCUT2D eigenvalue weighted by Crippen LogP contribution is 2.37. The molecule has 28 heavy (non-hydrogen) atoms. The molecule has 9 heteroatoms. The van der Waals surface area contributed by atoms with Gasteiger partial charge in [0, 0.05) is 6.20 Å². The van der Waals surface area contributed by atoms with E-state index in [1.54, 1.807) is 0 Å². The fraction of sp³-hybridized carbons (Fsp3) is 0.211. The van der Waals surface area contributed by atoms with Crippen LogP contribution in [-0.4, -0.2) is 46.3 Å². The summed E-state index contributed by atoms with van der Waals surface area (Å²) in [6.07, 6.45) is 5.72. The Morgan fingerprint density at radius 2 is 1.54 bits per heavy atom. The van der Waals surface area contributed by atoms with E-state index in [0.29, 0.717) is 0 Å². The van der Waals surface area contributed by atoms with Crippen molar-refractivity contribution in [2.45, 2.75) is 0 Å². The first-order chi connectivity index (χ1) is 13.4. The molecule has 0 spiro atoms. The molecular formula is C19H18FNO7. The predicted octanol–water partition coefficient (Wildman–Crippen LogP) is 2.11. The Hall–Kier alpha value is -3.62. The quantitative estimate of drug-likeness (QED) is 0.557. The monoisotopic (exact) mass is 391 g/mol. The number of halogens is 1. The van der Waals surface area contributed by atoms with Crippen molar-refractivity contribution in [1.29, 1.82) is 0 Å². The minimum atomic E-state index is -0.887. The Bertz CT molecular complexity index is 902.